The summed E-state index contributed by atoms with van der Waals surface area (Å²) < 4.78 is 16.5. The SMILES string of the molecule is CCCOB1OC(C)CC(C)(C)O1. The lowest BCUT2D eigenvalue weighted by atomic mass is 9.95. The highest BCUT2D eigenvalue weighted by Crippen LogP contribution is 2.25. The van der Waals surface area contributed by atoms with Crippen LogP contribution in [0.2, 0.25) is 0 Å². The molecule has 1 aliphatic heterocycles. The van der Waals surface area contributed by atoms with E-state index in [2.05, 4.69) is 20.8 Å². The lowest BCUT2D eigenvalue weighted by molar-refractivity contribution is -0.0688. The van der Waals surface area contributed by atoms with Gasteiger partial charge < -0.3 is 14.0 Å². The number of hydrogen-bond donors (Lipinski definition) is 0. The largest absolute Gasteiger partial charge is 0.640 e. The van der Waals surface area contributed by atoms with Crippen molar-refractivity contribution in [1.29, 1.82) is 0 Å². The van der Waals surface area contributed by atoms with Gasteiger partial charge in [-0.3, -0.25) is 0 Å². The van der Waals surface area contributed by atoms with Crippen molar-refractivity contribution < 1.29 is 14.0 Å². The minimum Gasteiger partial charge on any atom is -0.386 e. The predicted molar refractivity (Wildman–Crippen MR) is 52.3 cm³/mol. The monoisotopic (exact) mass is 186 g/mol. The molecule has 0 amide bonds. The van der Waals surface area contributed by atoms with Crippen LogP contribution >= 0.6 is 0 Å². The molecule has 0 aromatic carbocycles. The zero-order valence-electron chi connectivity index (χ0n) is 9.00. The lowest BCUT2D eigenvalue weighted by Crippen LogP contribution is -2.47. The van der Waals surface area contributed by atoms with E-state index in [1.54, 1.807) is 0 Å². The van der Waals surface area contributed by atoms with Crippen molar-refractivity contribution in [3.05, 3.63) is 0 Å². The summed E-state index contributed by atoms with van der Waals surface area (Å²) in [5, 5.41) is 0. The molecule has 4 heteroatoms. The normalized spacial score (nSPS) is 27.7. The first-order valence-corrected chi connectivity index (χ1v) is 4.98. The molecule has 0 spiro atoms. The topological polar surface area (TPSA) is 27.7 Å². The average Bonchev–Trinajstić information content (AvgIpc) is 1.97. The van der Waals surface area contributed by atoms with E-state index in [0.717, 1.165) is 12.8 Å². The first-order valence-electron chi connectivity index (χ1n) is 4.98. The van der Waals surface area contributed by atoms with E-state index in [0.29, 0.717) is 6.61 Å². The maximum Gasteiger partial charge on any atom is 0.640 e. The molecule has 0 aromatic heterocycles. The minimum absolute atomic E-state index is 0.129. The number of hydrogen-bond acceptors (Lipinski definition) is 3. The van der Waals surface area contributed by atoms with Gasteiger partial charge in [0.2, 0.25) is 0 Å². The second kappa shape index (κ2) is 4.44. The van der Waals surface area contributed by atoms with Crippen LogP contribution < -0.4 is 0 Å². The number of rotatable bonds is 3. The highest BCUT2D eigenvalue weighted by Gasteiger charge is 2.38. The van der Waals surface area contributed by atoms with Gasteiger partial charge in [-0.1, -0.05) is 6.92 Å². The molecule has 1 aliphatic rings. The van der Waals surface area contributed by atoms with E-state index in [1.165, 1.54) is 0 Å². The van der Waals surface area contributed by atoms with E-state index >= 15 is 0 Å². The predicted octanol–water partition coefficient (Wildman–Crippen LogP) is 2.00. The van der Waals surface area contributed by atoms with Gasteiger partial charge in [-0.2, -0.15) is 0 Å². The maximum absolute atomic E-state index is 5.60. The minimum atomic E-state index is -0.473. The van der Waals surface area contributed by atoms with Crippen molar-refractivity contribution in [3.63, 3.8) is 0 Å². The van der Waals surface area contributed by atoms with Crippen molar-refractivity contribution in [1.82, 2.24) is 0 Å². The molecular weight excluding hydrogens is 167 g/mol. The Morgan fingerprint density at radius 2 is 2.23 bits per heavy atom. The fraction of sp³-hybridized carbons (Fsp3) is 1.00. The molecule has 0 saturated carbocycles. The molecule has 0 radical (unpaired) electrons. The van der Waals surface area contributed by atoms with E-state index in [1.807, 2.05) is 6.92 Å². The second-order valence-corrected chi connectivity index (χ2v) is 4.19. The van der Waals surface area contributed by atoms with Gasteiger partial charge in [-0.15, -0.1) is 0 Å². The van der Waals surface area contributed by atoms with E-state index in [-0.39, 0.29) is 11.7 Å². The summed E-state index contributed by atoms with van der Waals surface area (Å²) in [6.07, 6.45) is 2.11. The summed E-state index contributed by atoms with van der Waals surface area (Å²) in [5.74, 6) is 0. The van der Waals surface area contributed by atoms with Crippen LogP contribution in [-0.4, -0.2) is 25.6 Å². The van der Waals surface area contributed by atoms with Crippen LogP contribution in [0, 0.1) is 0 Å². The fourth-order valence-electron chi connectivity index (χ4n) is 1.55. The highest BCUT2D eigenvalue weighted by atomic mass is 16.7. The molecule has 0 aliphatic carbocycles. The highest BCUT2D eigenvalue weighted by molar-refractivity contribution is 6.36. The van der Waals surface area contributed by atoms with E-state index in [9.17, 15) is 0 Å². The molecule has 1 saturated heterocycles. The third kappa shape index (κ3) is 3.67. The van der Waals surface area contributed by atoms with Gasteiger partial charge in [0.25, 0.3) is 0 Å². The standard InChI is InChI=1S/C9H19BO3/c1-5-6-11-10-12-8(2)7-9(3,4)13-10/h8H,5-7H2,1-4H3. The van der Waals surface area contributed by atoms with Gasteiger partial charge in [0, 0.05) is 12.7 Å². The summed E-state index contributed by atoms with van der Waals surface area (Å²) >= 11 is 0. The van der Waals surface area contributed by atoms with Crippen LogP contribution in [0.15, 0.2) is 0 Å². The van der Waals surface area contributed by atoms with Crippen LogP contribution in [0.3, 0.4) is 0 Å². The molecular formula is C9H19BO3. The molecule has 0 N–H and O–H groups in total. The maximum atomic E-state index is 5.60. The van der Waals surface area contributed by atoms with E-state index < -0.39 is 7.32 Å². The van der Waals surface area contributed by atoms with Gasteiger partial charge in [-0.05, 0) is 33.6 Å². The summed E-state index contributed by atoms with van der Waals surface area (Å²) in [7, 11) is -0.473. The Labute approximate surface area is 80.9 Å². The van der Waals surface area contributed by atoms with Crippen LogP contribution in [0.25, 0.3) is 0 Å². The van der Waals surface area contributed by atoms with Crippen molar-refractivity contribution >= 4 is 7.32 Å². The Kier molecular flexibility index (Phi) is 3.77. The third-order valence-electron chi connectivity index (χ3n) is 2.00. The third-order valence-corrected chi connectivity index (χ3v) is 2.00. The Balaban J connectivity index is 2.38. The van der Waals surface area contributed by atoms with Gasteiger partial charge in [0.05, 0.1) is 5.60 Å². The van der Waals surface area contributed by atoms with Crippen LogP contribution in [0.4, 0.5) is 0 Å². The first-order chi connectivity index (χ1) is 6.03. The van der Waals surface area contributed by atoms with Gasteiger partial charge in [0.1, 0.15) is 0 Å². The van der Waals surface area contributed by atoms with E-state index in [4.69, 9.17) is 14.0 Å². The van der Waals surface area contributed by atoms with Crippen LogP contribution in [-0.2, 0) is 14.0 Å². The molecule has 1 unspecified atom stereocenters. The van der Waals surface area contributed by atoms with Crippen LogP contribution in [0.1, 0.15) is 40.5 Å². The zero-order valence-corrected chi connectivity index (χ0v) is 9.00. The van der Waals surface area contributed by atoms with Crippen molar-refractivity contribution in [2.24, 2.45) is 0 Å². The smallest absolute Gasteiger partial charge is 0.386 e. The summed E-state index contributed by atoms with van der Waals surface area (Å²) in [4.78, 5) is 0. The molecule has 13 heavy (non-hydrogen) atoms. The second-order valence-electron chi connectivity index (χ2n) is 4.19. The van der Waals surface area contributed by atoms with Crippen molar-refractivity contribution in [3.8, 4) is 0 Å². The van der Waals surface area contributed by atoms with Crippen molar-refractivity contribution in [2.75, 3.05) is 6.61 Å². The lowest BCUT2D eigenvalue weighted by Gasteiger charge is -2.37. The Hall–Kier alpha value is -0.0551. The molecule has 0 aromatic rings. The fourth-order valence-corrected chi connectivity index (χ4v) is 1.55. The summed E-state index contributed by atoms with van der Waals surface area (Å²) in [5.41, 5.74) is -0.129. The van der Waals surface area contributed by atoms with Gasteiger partial charge in [-0.25, -0.2) is 0 Å². The van der Waals surface area contributed by atoms with Crippen molar-refractivity contribution in [2.45, 2.75) is 52.2 Å². The molecule has 3 nitrogen and oxygen atoms in total. The van der Waals surface area contributed by atoms with Gasteiger partial charge >= 0.3 is 7.32 Å². The molecule has 1 atom stereocenters. The quantitative estimate of drug-likeness (QED) is 0.631. The molecule has 1 rings (SSSR count). The average molecular weight is 186 g/mol. The van der Waals surface area contributed by atoms with Crippen LogP contribution in [0.5, 0.6) is 0 Å². The Bertz CT molecular complexity index is 161. The summed E-state index contributed by atoms with van der Waals surface area (Å²) in [6, 6.07) is 0. The molecule has 76 valence electrons. The van der Waals surface area contributed by atoms with Gasteiger partial charge in [0.15, 0.2) is 0 Å². The molecule has 1 fully saturated rings. The Morgan fingerprint density at radius 3 is 2.77 bits per heavy atom. The molecule has 0 bridgehead atoms. The Morgan fingerprint density at radius 1 is 1.54 bits per heavy atom. The first kappa shape index (κ1) is 11.0. The summed E-state index contributed by atoms with van der Waals surface area (Å²) in [6.45, 7) is 8.93. The molecule has 1 heterocycles. The zero-order chi connectivity index (χ0) is 9.90.